The second kappa shape index (κ2) is 8.02. The lowest BCUT2D eigenvalue weighted by Gasteiger charge is -2.21. The van der Waals surface area contributed by atoms with Crippen LogP contribution < -0.4 is 10.6 Å². The van der Waals surface area contributed by atoms with Crippen molar-refractivity contribution in [2.45, 2.75) is 39.7 Å². The topological polar surface area (TPSA) is 77.2 Å². The van der Waals surface area contributed by atoms with E-state index in [2.05, 4.69) is 34.7 Å². The van der Waals surface area contributed by atoms with Gasteiger partial charge in [0.15, 0.2) is 0 Å². The second-order valence-electron chi connectivity index (χ2n) is 6.32. The quantitative estimate of drug-likeness (QED) is 0.634. The number of urea groups is 1. The van der Waals surface area contributed by atoms with Crippen molar-refractivity contribution in [2.24, 2.45) is 5.92 Å². The van der Waals surface area contributed by atoms with Crippen LogP contribution in [0, 0.1) is 12.8 Å². The second-order valence-corrected chi connectivity index (χ2v) is 6.32. The van der Waals surface area contributed by atoms with E-state index in [1.54, 1.807) is 0 Å². The summed E-state index contributed by atoms with van der Waals surface area (Å²) in [5.74, 6) is 0.296. The molecule has 1 aromatic carbocycles. The van der Waals surface area contributed by atoms with Gasteiger partial charge in [-0.3, -0.25) is 0 Å². The van der Waals surface area contributed by atoms with Crippen LogP contribution in [0.5, 0.6) is 0 Å². The van der Waals surface area contributed by atoms with Gasteiger partial charge in [-0.15, -0.1) is 0 Å². The first-order valence-electron chi connectivity index (χ1n) is 8.23. The van der Waals surface area contributed by atoms with E-state index in [9.17, 15) is 4.79 Å². The predicted molar refractivity (Wildman–Crippen MR) is 93.6 cm³/mol. The highest BCUT2D eigenvalue weighted by molar-refractivity contribution is 5.86. The minimum absolute atomic E-state index is 0.00432. The maximum atomic E-state index is 12.0. The Labute approximate surface area is 137 Å². The number of aryl methyl sites for hydroxylation is 1. The molecule has 0 aliphatic rings. The predicted octanol–water partition coefficient (Wildman–Crippen LogP) is 2.73. The van der Waals surface area contributed by atoms with Gasteiger partial charge in [-0.25, -0.2) is 4.79 Å². The minimum Gasteiger partial charge on any atom is -0.396 e. The maximum Gasteiger partial charge on any atom is 0.315 e. The van der Waals surface area contributed by atoms with Crippen LogP contribution in [0.2, 0.25) is 0 Å². The van der Waals surface area contributed by atoms with E-state index in [1.165, 1.54) is 16.5 Å². The molecular formula is C18H27N3O2. The highest BCUT2D eigenvalue weighted by Crippen LogP contribution is 2.22. The molecule has 0 fully saturated rings. The Morgan fingerprint density at radius 3 is 2.83 bits per heavy atom. The van der Waals surface area contributed by atoms with Gasteiger partial charge in [0.25, 0.3) is 0 Å². The Hall–Kier alpha value is -2.01. The first-order chi connectivity index (χ1) is 11.0. The van der Waals surface area contributed by atoms with Crippen LogP contribution in [-0.4, -0.2) is 35.3 Å². The Morgan fingerprint density at radius 2 is 2.13 bits per heavy atom. The standard InChI is InChI=1S/C18H27N3O2/c1-12(2)15(8-10-22)21-18(23)19-9-7-14-11-20-16-6-4-5-13(3)17(14)16/h4-6,11-12,15,20,22H,7-10H2,1-3H3,(H2,19,21,23). The number of hydrogen-bond donors (Lipinski definition) is 4. The molecule has 1 heterocycles. The molecule has 0 aliphatic heterocycles. The molecule has 126 valence electrons. The van der Waals surface area contributed by atoms with Crippen LogP contribution in [0.25, 0.3) is 10.9 Å². The minimum atomic E-state index is -0.172. The number of aliphatic hydroxyl groups is 1. The number of rotatable bonds is 7. The van der Waals surface area contributed by atoms with Crippen molar-refractivity contribution in [1.82, 2.24) is 15.6 Å². The van der Waals surface area contributed by atoms with Crippen molar-refractivity contribution in [3.63, 3.8) is 0 Å². The number of aromatic nitrogens is 1. The maximum absolute atomic E-state index is 12.0. The van der Waals surface area contributed by atoms with Crippen LogP contribution in [-0.2, 0) is 6.42 Å². The van der Waals surface area contributed by atoms with Crippen molar-refractivity contribution in [3.05, 3.63) is 35.5 Å². The SMILES string of the molecule is Cc1cccc2[nH]cc(CCNC(=O)NC(CCO)C(C)C)c12. The smallest absolute Gasteiger partial charge is 0.315 e. The van der Waals surface area contributed by atoms with Gasteiger partial charge in [-0.1, -0.05) is 26.0 Å². The number of aromatic amines is 1. The Morgan fingerprint density at radius 1 is 1.35 bits per heavy atom. The van der Waals surface area contributed by atoms with Crippen molar-refractivity contribution < 1.29 is 9.90 Å². The van der Waals surface area contributed by atoms with E-state index < -0.39 is 0 Å². The first kappa shape index (κ1) is 17.3. The average molecular weight is 317 g/mol. The van der Waals surface area contributed by atoms with Crippen molar-refractivity contribution in [1.29, 1.82) is 0 Å². The van der Waals surface area contributed by atoms with Gasteiger partial charge in [-0.2, -0.15) is 0 Å². The number of carbonyl (C=O) groups excluding carboxylic acids is 1. The van der Waals surface area contributed by atoms with Crippen LogP contribution in [0.15, 0.2) is 24.4 Å². The van der Waals surface area contributed by atoms with Gasteiger partial charge in [0.1, 0.15) is 0 Å². The molecule has 0 aliphatic carbocycles. The van der Waals surface area contributed by atoms with E-state index in [0.29, 0.717) is 18.9 Å². The highest BCUT2D eigenvalue weighted by atomic mass is 16.3. The molecule has 4 N–H and O–H groups in total. The van der Waals surface area contributed by atoms with Gasteiger partial charge >= 0.3 is 6.03 Å². The molecule has 23 heavy (non-hydrogen) atoms. The molecule has 5 heteroatoms. The van der Waals surface area contributed by atoms with Gasteiger partial charge < -0.3 is 20.7 Å². The van der Waals surface area contributed by atoms with E-state index in [0.717, 1.165) is 11.9 Å². The third kappa shape index (κ3) is 4.48. The van der Waals surface area contributed by atoms with E-state index >= 15 is 0 Å². The summed E-state index contributed by atoms with van der Waals surface area (Å²) >= 11 is 0. The molecule has 1 aromatic heterocycles. The molecule has 5 nitrogen and oxygen atoms in total. The third-order valence-corrected chi connectivity index (χ3v) is 4.24. The van der Waals surface area contributed by atoms with Crippen molar-refractivity contribution in [2.75, 3.05) is 13.2 Å². The molecule has 1 atom stereocenters. The summed E-state index contributed by atoms with van der Waals surface area (Å²) in [7, 11) is 0. The van der Waals surface area contributed by atoms with Gasteiger partial charge in [0, 0.05) is 36.3 Å². The first-order valence-corrected chi connectivity index (χ1v) is 8.23. The number of carbonyl (C=O) groups is 1. The number of aliphatic hydroxyl groups excluding tert-OH is 1. The van der Waals surface area contributed by atoms with Crippen LogP contribution in [0.4, 0.5) is 4.79 Å². The fourth-order valence-electron chi connectivity index (χ4n) is 2.89. The summed E-state index contributed by atoms with van der Waals surface area (Å²) in [4.78, 5) is 15.3. The lowest BCUT2D eigenvalue weighted by molar-refractivity contribution is 0.219. The zero-order valence-electron chi connectivity index (χ0n) is 14.1. The fraction of sp³-hybridized carbons (Fsp3) is 0.500. The van der Waals surface area contributed by atoms with E-state index in [-0.39, 0.29) is 18.7 Å². The monoisotopic (exact) mass is 317 g/mol. The number of amides is 2. The highest BCUT2D eigenvalue weighted by Gasteiger charge is 2.15. The summed E-state index contributed by atoms with van der Waals surface area (Å²) in [6, 6.07) is 6.02. The molecule has 2 rings (SSSR count). The largest absolute Gasteiger partial charge is 0.396 e. The molecule has 1 unspecified atom stereocenters. The zero-order valence-corrected chi connectivity index (χ0v) is 14.1. The number of fused-ring (bicyclic) bond motifs is 1. The van der Waals surface area contributed by atoms with Gasteiger partial charge in [0.05, 0.1) is 0 Å². The van der Waals surface area contributed by atoms with E-state index in [1.807, 2.05) is 26.1 Å². The Balaban J connectivity index is 1.87. The lowest BCUT2D eigenvalue weighted by Crippen LogP contribution is -2.45. The molecule has 0 saturated carbocycles. The summed E-state index contributed by atoms with van der Waals surface area (Å²) < 4.78 is 0. The molecule has 0 spiro atoms. The Kier molecular flexibility index (Phi) is 6.04. The molecular weight excluding hydrogens is 290 g/mol. The third-order valence-electron chi connectivity index (χ3n) is 4.24. The van der Waals surface area contributed by atoms with Gasteiger partial charge in [0.2, 0.25) is 0 Å². The molecule has 0 radical (unpaired) electrons. The summed E-state index contributed by atoms with van der Waals surface area (Å²) in [6.07, 6.45) is 3.37. The van der Waals surface area contributed by atoms with Crippen LogP contribution >= 0.6 is 0 Å². The molecule has 2 aromatic rings. The molecule has 2 amide bonds. The average Bonchev–Trinajstić information content (AvgIpc) is 2.91. The Bertz CT molecular complexity index is 649. The summed E-state index contributed by atoms with van der Waals surface area (Å²) in [5.41, 5.74) is 3.59. The van der Waals surface area contributed by atoms with Crippen LogP contribution in [0.1, 0.15) is 31.4 Å². The summed E-state index contributed by atoms with van der Waals surface area (Å²) in [5, 5.41) is 16.1. The van der Waals surface area contributed by atoms with Crippen molar-refractivity contribution in [3.8, 4) is 0 Å². The number of nitrogens with one attached hydrogen (secondary N) is 3. The van der Waals surface area contributed by atoms with Crippen LogP contribution in [0.3, 0.4) is 0 Å². The number of H-pyrrole nitrogens is 1. The zero-order chi connectivity index (χ0) is 16.8. The molecule has 0 bridgehead atoms. The lowest BCUT2D eigenvalue weighted by atomic mass is 10.0. The fourth-order valence-corrected chi connectivity index (χ4v) is 2.89. The normalized spacial score (nSPS) is 12.6. The summed E-state index contributed by atoms with van der Waals surface area (Å²) in [6.45, 7) is 6.83. The van der Waals surface area contributed by atoms with Crippen molar-refractivity contribution >= 4 is 16.9 Å². The van der Waals surface area contributed by atoms with E-state index in [4.69, 9.17) is 5.11 Å². The number of hydrogen-bond acceptors (Lipinski definition) is 2. The van der Waals surface area contributed by atoms with Gasteiger partial charge in [-0.05, 0) is 42.9 Å². The number of benzene rings is 1. The molecule has 0 saturated heterocycles.